The molecule has 0 saturated heterocycles. The summed E-state index contributed by atoms with van der Waals surface area (Å²) in [5, 5.41) is 14.6. The van der Waals surface area contributed by atoms with Crippen LogP contribution in [0, 0.1) is 0 Å². The molecule has 0 spiro atoms. The fraction of sp³-hybridized carbons (Fsp3) is 0. The van der Waals surface area contributed by atoms with Crippen LogP contribution in [0.3, 0.4) is 0 Å². The van der Waals surface area contributed by atoms with E-state index in [1.165, 1.54) is 10.9 Å². The number of anilines is 1. The molecule has 0 fully saturated rings. The molecule has 0 aliphatic rings. The van der Waals surface area contributed by atoms with Gasteiger partial charge in [0.15, 0.2) is 0 Å². The van der Waals surface area contributed by atoms with Crippen molar-refractivity contribution in [1.29, 1.82) is 0 Å². The SMILES string of the molecule is C=c1[nH]n(-c2ccccc2)c(=O)c1=CN(O)c1ccccc1. The smallest absolute Gasteiger partial charge is 0.280 e. The first-order valence-electron chi connectivity index (χ1n) is 6.77. The Morgan fingerprint density at radius 3 is 2.27 bits per heavy atom. The summed E-state index contributed by atoms with van der Waals surface area (Å²) in [4.78, 5) is 12.5. The molecule has 2 aromatic carbocycles. The van der Waals surface area contributed by atoms with Crippen LogP contribution in [0.15, 0.2) is 65.5 Å². The maximum Gasteiger partial charge on any atom is 0.280 e. The quantitative estimate of drug-likeness (QED) is 0.714. The minimum Gasteiger partial charge on any atom is -0.291 e. The number of nitrogens with zero attached hydrogens (tertiary/aromatic N) is 2. The number of H-pyrrole nitrogens is 1. The highest BCUT2D eigenvalue weighted by atomic mass is 16.5. The highest BCUT2D eigenvalue weighted by Crippen LogP contribution is 2.10. The molecule has 5 nitrogen and oxygen atoms in total. The van der Waals surface area contributed by atoms with Gasteiger partial charge in [0.2, 0.25) is 0 Å². The van der Waals surface area contributed by atoms with Crippen molar-refractivity contribution in [2.75, 3.05) is 5.06 Å². The van der Waals surface area contributed by atoms with Crippen molar-refractivity contribution in [3.8, 4) is 5.69 Å². The van der Waals surface area contributed by atoms with Crippen LogP contribution in [0.4, 0.5) is 5.69 Å². The first-order chi connectivity index (χ1) is 10.7. The second kappa shape index (κ2) is 5.75. The highest BCUT2D eigenvalue weighted by Gasteiger charge is 2.06. The van der Waals surface area contributed by atoms with Crippen LogP contribution in [0.1, 0.15) is 0 Å². The zero-order chi connectivity index (χ0) is 15.5. The monoisotopic (exact) mass is 293 g/mol. The Morgan fingerprint density at radius 2 is 1.64 bits per heavy atom. The lowest BCUT2D eigenvalue weighted by Gasteiger charge is -2.10. The molecule has 3 aromatic rings. The lowest BCUT2D eigenvalue weighted by atomic mass is 10.3. The second-order valence-electron chi connectivity index (χ2n) is 4.79. The number of para-hydroxylation sites is 2. The van der Waals surface area contributed by atoms with E-state index in [1.807, 2.05) is 36.4 Å². The van der Waals surface area contributed by atoms with Crippen molar-refractivity contribution >= 4 is 18.5 Å². The molecular formula is C17H15N3O2. The third kappa shape index (κ3) is 2.57. The van der Waals surface area contributed by atoms with E-state index < -0.39 is 0 Å². The summed E-state index contributed by atoms with van der Waals surface area (Å²) < 4.78 is 1.40. The predicted octanol–water partition coefficient (Wildman–Crippen LogP) is 1.21. The molecule has 5 heteroatoms. The van der Waals surface area contributed by atoms with Crippen LogP contribution in [-0.2, 0) is 0 Å². The normalized spacial score (nSPS) is 11.6. The van der Waals surface area contributed by atoms with E-state index in [0.717, 1.165) is 5.06 Å². The van der Waals surface area contributed by atoms with Crippen molar-refractivity contribution in [2.45, 2.75) is 0 Å². The molecule has 1 aromatic heterocycles. The Hall–Kier alpha value is -3.05. The number of hydrogen-bond acceptors (Lipinski definition) is 3. The molecule has 0 aliphatic heterocycles. The van der Waals surface area contributed by atoms with Gasteiger partial charge in [-0.25, -0.2) is 9.75 Å². The first kappa shape index (κ1) is 13.9. The number of hydroxylamine groups is 1. The Kier molecular flexibility index (Phi) is 3.64. The van der Waals surface area contributed by atoms with Gasteiger partial charge >= 0.3 is 0 Å². The zero-order valence-electron chi connectivity index (χ0n) is 11.8. The predicted molar refractivity (Wildman–Crippen MR) is 86.3 cm³/mol. The van der Waals surface area contributed by atoms with Gasteiger partial charge in [-0.3, -0.25) is 15.1 Å². The van der Waals surface area contributed by atoms with Gasteiger partial charge in [-0.15, -0.1) is 0 Å². The summed E-state index contributed by atoms with van der Waals surface area (Å²) in [6.45, 7) is 3.83. The molecule has 0 bridgehead atoms. The zero-order valence-corrected chi connectivity index (χ0v) is 11.8. The topological polar surface area (TPSA) is 61.3 Å². The van der Waals surface area contributed by atoms with Crippen molar-refractivity contribution in [2.24, 2.45) is 0 Å². The van der Waals surface area contributed by atoms with Gasteiger partial charge in [0.25, 0.3) is 5.56 Å². The molecule has 2 N–H and O–H groups in total. The van der Waals surface area contributed by atoms with Crippen LogP contribution in [-0.4, -0.2) is 15.0 Å². The molecular weight excluding hydrogens is 278 g/mol. The summed E-state index contributed by atoms with van der Waals surface area (Å²) >= 11 is 0. The lowest BCUT2D eigenvalue weighted by Crippen LogP contribution is -2.36. The van der Waals surface area contributed by atoms with E-state index in [0.29, 0.717) is 21.9 Å². The Balaban J connectivity index is 2.10. The standard InChI is InChI=1S/C17H15N3O2/c1-13-16(12-19(22)14-8-4-2-5-9-14)17(21)20(18-13)15-10-6-3-7-11-15/h2-12,18,22H,1H2. The maximum absolute atomic E-state index is 12.5. The van der Waals surface area contributed by atoms with Crippen LogP contribution in [0.5, 0.6) is 0 Å². The first-order valence-corrected chi connectivity index (χ1v) is 6.77. The van der Waals surface area contributed by atoms with Crippen LogP contribution >= 0.6 is 0 Å². The molecule has 1 heterocycles. The van der Waals surface area contributed by atoms with Crippen LogP contribution in [0.2, 0.25) is 0 Å². The van der Waals surface area contributed by atoms with Gasteiger partial charge in [-0.2, -0.15) is 0 Å². The summed E-state index contributed by atoms with van der Waals surface area (Å²) in [6.07, 6.45) is 1.36. The summed E-state index contributed by atoms with van der Waals surface area (Å²) in [6, 6.07) is 18.1. The molecule has 0 saturated carbocycles. The Morgan fingerprint density at radius 1 is 1.05 bits per heavy atom. The van der Waals surface area contributed by atoms with Gasteiger partial charge < -0.3 is 0 Å². The van der Waals surface area contributed by atoms with Crippen molar-refractivity contribution in [3.63, 3.8) is 0 Å². The molecule has 0 aliphatic carbocycles. The minimum atomic E-state index is -0.272. The van der Waals surface area contributed by atoms with E-state index >= 15 is 0 Å². The molecule has 0 amide bonds. The van der Waals surface area contributed by atoms with Gasteiger partial charge in [-0.05, 0) is 24.3 Å². The van der Waals surface area contributed by atoms with Gasteiger partial charge in [0, 0.05) is 6.20 Å². The van der Waals surface area contributed by atoms with E-state index in [9.17, 15) is 10.0 Å². The van der Waals surface area contributed by atoms with E-state index in [-0.39, 0.29) is 5.56 Å². The number of aromatic nitrogens is 2. The molecule has 0 radical (unpaired) electrons. The van der Waals surface area contributed by atoms with Gasteiger partial charge in [0.05, 0.1) is 21.9 Å². The van der Waals surface area contributed by atoms with Crippen LogP contribution in [0.25, 0.3) is 18.5 Å². The summed E-state index contributed by atoms with van der Waals surface area (Å²) in [5.74, 6) is 0. The van der Waals surface area contributed by atoms with Crippen molar-refractivity contribution in [3.05, 3.63) is 81.6 Å². The second-order valence-corrected chi connectivity index (χ2v) is 4.79. The number of hydrogen-bond donors (Lipinski definition) is 2. The summed E-state index contributed by atoms with van der Waals surface area (Å²) in [7, 11) is 0. The fourth-order valence-electron chi connectivity index (χ4n) is 2.17. The molecule has 22 heavy (non-hydrogen) atoms. The average molecular weight is 293 g/mol. The third-order valence-electron chi connectivity index (χ3n) is 3.29. The Bertz CT molecular complexity index is 928. The Labute approximate surface area is 126 Å². The largest absolute Gasteiger partial charge is 0.291 e. The van der Waals surface area contributed by atoms with Crippen molar-refractivity contribution < 1.29 is 5.21 Å². The molecule has 110 valence electrons. The maximum atomic E-state index is 12.5. The van der Waals surface area contributed by atoms with Gasteiger partial charge in [-0.1, -0.05) is 43.0 Å². The third-order valence-corrected chi connectivity index (χ3v) is 3.29. The van der Waals surface area contributed by atoms with E-state index in [1.54, 1.807) is 24.3 Å². The summed E-state index contributed by atoms with van der Waals surface area (Å²) in [5.41, 5.74) is 1.00. The fourth-order valence-corrected chi connectivity index (χ4v) is 2.17. The molecule has 0 unspecified atom stereocenters. The highest BCUT2D eigenvalue weighted by molar-refractivity contribution is 5.54. The van der Waals surface area contributed by atoms with Crippen molar-refractivity contribution in [1.82, 2.24) is 9.78 Å². The number of rotatable bonds is 3. The molecule has 3 rings (SSSR count). The minimum absolute atomic E-state index is 0.272. The van der Waals surface area contributed by atoms with Gasteiger partial charge in [0.1, 0.15) is 0 Å². The average Bonchev–Trinajstić information content (AvgIpc) is 2.84. The van der Waals surface area contributed by atoms with E-state index in [2.05, 4.69) is 11.7 Å². The number of nitrogens with one attached hydrogen (secondary N) is 1. The number of aromatic amines is 1. The van der Waals surface area contributed by atoms with Crippen LogP contribution < -0.4 is 21.2 Å². The molecule has 0 atom stereocenters. The van der Waals surface area contributed by atoms with E-state index in [4.69, 9.17) is 0 Å². The lowest BCUT2D eigenvalue weighted by molar-refractivity contribution is 0.309. The number of benzene rings is 2.